The molecule has 1 saturated heterocycles. The van der Waals surface area contributed by atoms with Crippen LogP contribution < -0.4 is 0 Å². The Morgan fingerprint density at radius 2 is 2.00 bits per heavy atom. The first kappa shape index (κ1) is 26.1. The zero-order chi connectivity index (χ0) is 23.5. The maximum Gasteiger partial charge on any atom is 0.325 e. The summed E-state index contributed by atoms with van der Waals surface area (Å²) in [5, 5.41) is 13.0. The highest BCUT2D eigenvalue weighted by Crippen LogP contribution is 2.40. The Balaban J connectivity index is 0.00000324. The van der Waals surface area contributed by atoms with Crippen LogP contribution in [-0.4, -0.2) is 55.0 Å². The number of piperidine rings is 1. The van der Waals surface area contributed by atoms with E-state index in [1.54, 1.807) is 30.6 Å². The number of thioether (sulfide) groups is 1. The van der Waals surface area contributed by atoms with Crippen LogP contribution in [0.5, 0.6) is 0 Å². The average molecular weight is 508 g/mol. The van der Waals surface area contributed by atoms with Gasteiger partial charge in [-0.1, -0.05) is 36.0 Å². The average Bonchev–Trinajstić information content (AvgIpc) is 3.52. The van der Waals surface area contributed by atoms with E-state index in [4.69, 9.17) is 5.11 Å². The van der Waals surface area contributed by atoms with E-state index in [1.165, 1.54) is 29.4 Å². The topological polar surface area (TPSA) is 92.5 Å². The van der Waals surface area contributed by atoms with E-state index in [0.717, 1.165) is 24.0 Å². The second-order valence-corrected chi connectivity index (χ2v) is 9.92. The lowest BCUT2D eigenvalue weighted by molar-refractivity contribution is -0.138. The molecule has 1 aliphatic heterocycles. The van der Waals surface area contributed by atoms with E-state index < -0.39 is 17.8 Å². The smallest absolute Gasteiger partial charge is 0.325 e. The maximum atomic E-state index is 14.7. The van der Waals surface area contributed by atoms with E-state index in [0.29, 0.717) is 25.1 Å². The normalized spacial score (nSPS) is 20.5. The molecule has 7 nitrogen and oxygen atoms in total. The molecule has 1 saturated carbocycles. The van der Waals surface area contributed by atoms with Crippen LogP contribution >= 0.6 is 24.2 Å². The van der Waals surface area contributed by atoms with Crippen molar-refractivity contribution < 1.29 is 23.9 Å². The summed E-state index contributed by atoms with van der Waals surface area (Å²) in [7, 11) is 0. The maximum absolute atomic E-state index is 14.7. The third-order valence-electron chi connectivity index (χ3n) is 5.90. The van der Waals surface area contributed by atoms with Gasteiger partial charge >= 0.3 is 5.97 Å². The summed E-state index contributed by atoms with van der Waals surface area (Å²) in [5.74, 6) is -1.36. The molecular weight excluding hydrogens is 481 g/mol. The first-order valence-electron chi connectivity index (χ1n) is 11.0. The number of carboxylic acids is 1. The molecule has 182 valence electrons. The predicted octanol–water partition coefficient (Wildman–Crippen LogP) is 3.99. The lowest BCUT2D eigenvalue weighted by Crippen LogP contribution is -2.43. The third kappa shape index (κ3) is 6.34. The highest BCUT2D eigenvalue weighted by Gasteiger charge is 2.41. The molecule has 2 aromatic rings. The number of halogens is 2. The Morgan fingerprint density at radius 3 is 2.65 bits per heavy atom. The standard InChI is InChI=1S/C24H26FN3O4S.ClH/c1-15(29)33-21-8-9-27(13-18(21)10-16-11-26-28(12-16)14-22(30)31)23(24(32)17-6-7-17)19-4-2-3-5-20(19)25;/h2-5,10-12,17,21,23H,6-9,13-14H2,1H3,(H,30,31);1H. The van der Waals surface area contributed by atoms with Crippen LogP contribution in [0.1, 0.15) is 43.4 Å². The lowest BCUT2D eigenvalue weighted by Gasteiger charge is -2.38. The van der Waals surface area contributed by atoms with Gasteiger partial charge in [0, 0.05) is 48.5 Å². The number of rotatable bonds is 8. The van der Waals surface area contributed by atoms with Gasteiger partial charge in [-0.15, -0.1) is 12.4 Å². The Morgan fingerprint density at radius 1 is 1.26 bits per heavy atom. The summed E-state index contributed by atoms with van der Waals surface area (Å²) >= 11 is 1.25. The van der Waals surface area contributed by atoms with Gasteiger partial charge in [0.05, 0.1) is 12.2 Å². The Labute approximate surface area is 207 Å². The fourth-order valence-corrected chi connectivity index (χ4v) is 5.21. The van der Waals surface area contributed by atoms with Gasteiger partial charge in [0.15, 0.2) is 10.9 Å². The van der Waals surface area contributed by atoms with Crippen molar-refractivity contribution in [1.82, 2.24) is 14.7 Å². The summed E-state index contributed by atoms with van der Waals surface area (Å²) in [6, 6.07) is 5.76. The van der Waals surface area contributed by atoms with E-state index in [-0.39, 0.29) is 41.0 Å². The van der Waals surface area contributed by atoms with Crippen molar-refractivity contribution in [2.24, 2.45) is 5.92 Å². The van der Waals surface area contributed by atoms with Gasteiger partial charge in [-0.05, 0) is 30.9 Å². The van der Waals surface area contributed by atoms with Crippen LogP contribution in [-0.2, 0) is 20.9 Å². The number of carbonyl (C=O) groups is 3. The van der Waals surface area contributed by atoms with Crippen molar-refractivity contribution >= 4 is 47.1 Å². The van der Waals surface area contributed by atoms with Crippen LogP contribution in [0.4, 0.5) is 4.39 Å². The molecule has 1 aromatic heterocycles. The molecule has 2 atom stereocenters. The molecule has 0 bridgehead atoms. The molecule has 1 aromatic carbocycles. The first-order chi connectivity index (χ1) is 15.8. The number of aliphatic carboxylic acids is 1. The van der Waals surface area contributed by atoms with Gasteiger partial charge in [0.25, 0.3) is 0 Å². The molecule has 0 spiro atoms. The van der Waals surface area contributed by atoms with Gasteiger partial charge in [-0.3, -0.25) is 24.0 Å². The van der Waals surface area contributed by atoms with Gasteiger partial charge in [-0.2, -0.15) is 5.10 Å². The van der Waals surface area contributed by atoms with Crippen LogP contribution in [0.2, 0.25) is 0 Å². The molecule has 2 unspecified atom stereocenters. The van der Waals surface area contributed by atoms with Crippen molar-refractivity contribution in [3.05, 3.63) is 59.2 Å². The van der Waals surface area contributed by atoms with Crippen molar-refractivity contribution in [3.63, 3.8) is 0 Å². The number of carbonyl (C=O) groups excluding carboxylic acids is 2. The number of carboxylic acid groups (broad SMARTS) is 1. The van der Waals surface area contributed by atoms with Crippen molar-refractivity contribution in [2.75, 3.05) is 13.1 Å². The van der Waals surface area contributed by atoms with Crippen molar-refractivity contribution in [1.29, 1.82) is 0 Å². The number of likely N-dealkylation sites (tertiary alicyclic amines) is 1. The van der Waals surface area contributed by atoms with E-state index in [2.05, 4.69) is 5.10 Å². The van der Waals surface area contributed by atoms with Crippen molar-refractivity contribution in [3.8, 4) is 0 Å². The number of aromatic nitrogens is 2. The highest BCUT2D eigenvalue weighted by molar-refractivity contribution is 8.14. The van der Waals surface area contributed by atoms with E-state index in [1.807, 2.05) is 11.0 Å². The quantitative estimate of drug-likeness (QED) is 0.577. The Kier molecular flexibility index (Phi) is 8.67. The molecule has 1 aliphatic carbocycles. The minimum atomic E-state index is -0.988. The number of benzene rings is 1. The summed E-state index contributed by atoms with van der Waals surface area (Å²) < 4.78 is 16.1. The van der Waals surface area contributed by atoms with Gasteiger partial charge < -0.3 is 5.11 Å². The molecule has 4 rings (SSSR count). The van der Waals surface area contributed by atoms with Gasteiger partial charge in [-0.25, -0.2) is 4.39 Å². The lowest BCUT2D eigenvalue weighted by atomic mass is 9.93. The van der Waals surface area contributed by atoms with Crippen LogP contribution in [0, 0.1) is 11.7 Å². The Bertz CT molecular complexity index is 1100. The second-order valence-electron chi connectivity index (χ2n) is 8.54. The fourth-order valence-electron chi connectivity index (χ4n) is 4.29. The summed E-state index contributed by atoms with van der Waals surface area (Å²) in [6.07, 6.45) is 7.44. The molecule has 34 heavy (non-hydrogen) atoms. The summed E-state index contributed by atoms with van der Waals surface area (Å²) in [6.45, 7) is 2.26. The molecule has 2 aliphatic rings. The fraction of sp³-hybridized carbons (Fsp3) is 0.417. The second kappa shape index (κ2) is 11.3. The van der Waals surface area contributed by atoms with Crippen molar-refractivity contribution in [2.45, 2.75) is 44.0 Å². The number of hydrogen-bond donors (Lipinski definition) is 1. The molecule has 0 radical (unpaired) electrons. The molecule has 2 heterocycles. The highest BCUT2D eigenvalue weighted by atomic mass is 35.5. The van der Waals surface area contributed by atoms with Crippen LogP contribution in [0.15, 0.2) is 42.2 Å². The van der Waals surface area contributed by atoms with Crippen LogP contribution in [0.25, 0.3) is 6.08 Å². The number of hydrogen-bond acceptors (Lipinski definition) is 6. The van der Waals surface area contributed by atoms with E-state index in [9.17, 15) is 18.8 Å². The Hall–Kier alpha value is -2.49. The zero-order valence-corrected chi connectivity index (χ0v) is 20.4. The largest absolute Gasteiger partial charge is 0.480 e. The van der Waals surface area contributed by atoms with Gasteiger partial charge in [0.1, 0.15) is 12.4 Å². The zero-order valence-electron chi connectivity index (χ0n) is 18.7. The SMILES string of the molecule is CC(=O)SC1CCN(C(C(=O)C2CC2)c2ccccc2F)CC1=Cc1cnn(CC(=O)O)c1.Cl. The van der Waals surface area contributed by atoms with Crippen LogP contribution in [0.3, 0.4) is 0 Å². The molecular formula is C24H27ClFN3O4S. The molecule has 2 fully saturated rings. The number of ketones is 1. The predicted molar refractivity (Wildman–Crippen MR) is 130 cm³/mol. The summed E-state index contributed by atoms with van der Waals surface area (Å²) in [4.78, 5) is 38.1. The molecule has 10 heteroatoms. The minimum Gasteiger partial charge on any atom is -0.480 e. The van der Waals surface area contributed by atoms with E-state index >= 15 is 0 Å². The molecule has 1 N–H and O–H groups in total. The molecule has 0 amide bonds. The number of nitrogens with zero attached hydrogens (tertiary/aromatic N) is 3. The third-order valence-corrected chi connectivity index (χ3v) is 7.06. The monoisotopic (exact) mass is 507 g/mol. The van der Waals surface area contributed by atoms with Gasteiger partial charge in [0.2, 0.25) is 0 Å². The summed E-state index contributed by atoms with van der Waals surface area (Å²) in [5.41, 5.74) is 2.04. The first-order valence-corrected chi connectivity index (χ1v) is 11.8. The number of Topliss-reactive ketones (excluding diaryl/α,β-unsaturated/α-hetero) is 1. The minimum absolute atomic E-state index is 0.